The van der Waals surface area contributed by atoms with Crippen LogP contribution in [0.25, 0.3) is 0 Å². The van der Waals surface area contributed by atoms with Gasteiger partial charge in [-0.15, -0.1) is 0 Å². The number of hydrogen-bond acceptors (Lipinski definition) is 3. The van der Waals surface area contributed by atoms with Gasteiger partial charge in [0.1, 0.15) is 6.04 Å². The number of aryl methyl sites for hydroxylation is 1. The van der Waals surface area contributed by atoms with Crippen molar-refractivity contribution in [1.29, 1.82) is 0 Å². The van der Waals surface area contributed by atoms with Gasteiger partial charge in [-0.25, -0.2) is 0 Å². The molecule has 104 valence electrons. The van der Waals surface area contributed by atoms with E-state index in [0.717, 1.165) is 30.4 Å². The summed E-state index contributed by atoms with van der Waals surface area (Å²) in [5.74, 6) is -0.106. The first-order valence-corrected chi connectivity index (χ1v) is 6.75. The van der Waals surface area contributed by atoms with Crippen LogP contribution in [-0.2, 0) is 9.53 Å². The summed E-state index contributed by atoms with van der Waals surface area (Å²) < 4.78 is 5.30. The molecule has 0 heterocycles. The lowest BCUT2D eigenvalue weighted by atomic mass is 10.0. The van der Waals surface area contributed by atoms with Gasteiger partial charge in [0, 0.05) is 13.2 Å². The predicted molar refractivity (Wildman–Crippen MR) is 74.7 cm³/mol. The van der Waals surface area contributed by atoms with E-state index in [1.165, 1.54) is 0 Å². The highest BCUT2D eigenvalue weighted by atomic mass is 16.5. The van der Waals surface area contributed by atoms with Crippen molar-refractivity contribution in [3.8, 4) is 0 Å². The Bertz CT molecular complexity index is 430. The Balaban J connectivity index is 1.91. The third kappa shape index (κ3) is 3.55. The van der Waals surface area contributed by atoms with Gasteiger partial charge in [0.15, 0.2) is 0 Å². The van der Waals surface area contributed by atoms with Crippen LogP contribution in [0.2, 0.25) is 0 Å². The predicted octanol–water partition coefficient (Wildman–Crippen LogP) is 1.68. The van der Waals surface area contributed by atoms with Gasteiger partial charge in [0.25, 0.3) is 0 Å². The monoisotopic (exact) mass is 262 g/mol. The number of rotatable bonds is 4. The van der Waals surface area contributed by atoms with E-state index in [-0.39, 0.29) is 18.1 Å². The van der Waals surface area contributed by atoms with Crippen molar-refractivity contribution in [3.63, 3.8) is 0 Å². The van der Waals surface area contributed by atoms with Crippen molar-refractivity contribution in [2.24, 2.45) is 5.73 Å². The maximum Gasteiger partial charge on any atom is 0.241 e. The topological polar surface area (TPSA) is 64.3 Å². The van der Waals surface area contributed by atoms with Crippen molar-refractivity contribution in [1.82, 2.24) is 5.32 Å². The van der Waals surface area contributed by atoms with Crippen molar-refractivity contribution in [2.75, 3.05) is 7.11 Å². The maximum absolute atomic E-state index is 12.1. The highest BCUT2D eigenvalue weighted by Crippen LogP contribution is 2.22. The van der Waals surface area contributed by atoms with E-state index >= 15 is 0 Å². The second-order valence-electron chi connectivity index (χ2n) is 5.26. The van der Waals surface area contributed by atoms with Crippen molar-refractivity contribution >= 4 is 5.91 Å². The molecule has 0 bridgehead atoms. The Labute approximate surface area is 114 Å². The number of benzene rings is 1. The molecule has 1 aromatic rings. The number of carbonyl (C=O) groups is 1. The summed E-state index contributed by atoms with van der Waals surface area (Å²) in [6.07, 6.45) is 3.11. The van der Waals surface area contributed by atoms with E-state index in [1.54, 1.807) is 7.11 Å². The quantitative estimate of drug-likeness (QED) is 0.867. The number of nitrogens with one attached hydrogen (secondary N) is 1. The number of carbonyl (C=O) groups excluding carboxylic acids is 1. The van der Waals surface area contributed by atoms with Crippen LogP contribution in [0.1, 0.15) is 36.4 Å². The van der Waals surface area contributed by atoms with Crippen LogP contribution in [0.4, 0.5) is 0 Å². The first-order valence-electron chi connectivity index (χ1n) is 6.75. The van der Waals surface area contributed by atoms with Crippen LogP contribution in [0.15, 0.2) is 24.3 Å². The fraction of sp³-hybridized carbons (Fsp3) is 0.533. The normalized spacial score (nSPS) is 24.2. The van der Waals surface area contributed by atoms with Gasteiger partial charge < -0.3 is 15.8 Å². The molecule has 1 aromatic carbocycles. The lowest BCUT2D eigenvalue weighted by Crippen LogP contribution is -2.39. The Morgan fingerprint density at radius 1 is 1.37 bits per heavy atom. The molecule has 3 unspecified atom stereocenters. The van der Waals surface area contributed by atoms with Gasteiger partial charge in [0.05, 0.1) is 6.10 Å². The summed E-state index contributed by atoms with van der Waals surface area (Å²) in [5.41, 5.74) is 8.00. The third-order valence-electron chi connectivity index (χ3n) is 3.78. The van der Waals surface area contributed by atoms with Crippen molar-refractivity contribution in [2.45, 2.75) is 44.4 Å². The maximum atomic E-state index is 12.1. The number of methoxy groups -OCH3 is 1. The summed E-state index contributed by atoms with van der Waals surface area (Å²) in [7, 11) is 1.72. The van der Waals surface area contributed by atoms with Crippen molar-refractivity contribution in [3.05, 3.63) is 35.4 Å². The third-order valence-corrected chi connectivity index (χ3v) is 3.78. The lowest BCUT2D eigenvalue weighted by molar-refractivity contribution is -0.123. The molecule has 1 fully saturated rings. The van der Waals surface area contributed by atoms with E-state index in [9.17, 15) is 4.79 Å². The van der Waals surface area contributed by atoms with E-state index in [2.05, 4.69) is 5.32 Å². The molecule has 1 aliphatic carbocycles. The largest absolute Gasteiger partial charge is 0.381 e. The van der Waals surface area contributed by atoms with E-state index in [4.69, 9.17) is 10.5 Å². The number of hydrogen-bond donors (Lipinski definition) is 2. The minimum atomic E-state index is -0.595. The molecule has 0 aliphatic heterocycles. The van der Waals surface area contributed by atoms with E-state index in [1.807, 2.05) is 31.2 Å². The van der Waals surface area contributed by atoms with Gasteiger partial charge in [-0.3, -0.25) is 4.79 Å². The van der Waals surface area contributed by atoms with E-state index < -0.39 is 6.04 Å². The molecule has 2 rings (SSSR count). The Kier molecular flexibility index (Phi) is 4.56. The minimum absolute atomic E-state index is 0.106. The molecule has 4 nitrogen and oxygen atoms in total. The van der Waals surface area contributed by atoms with Crippen LogP contribution in [0.3, 0.4) is 0 Å². The van der Waals surface area contributed by atoms with Crippen LogP contribution in [0.5, 0.6) is 0 Å². The minimum Gasteiger partial charge on any atom is -0.381 e. The zero-order valence-corrected chi connectivity index (χ0v) is 11.6. The van der Waals surface area contributed by atoms with Gasteiger partial charge in [-0.2, -0.15) is 0 Å². The van der Waals surface area contributed by atoms with Gasteiger partial charge in [-0.1, -0.05) is 29.8 Å². The van der Waals surface area contributed by atoms with Crippen LogP contribution in [-0.4, -0.2) is 25.2 Å². The van der Waals surface area contributed by atoms with Gasteiger partial charge >= 0.3 is 0 Å². The fourth-order valence-corrected chi connectivity index (χ4v) is 2.50. The van der Waals surface area contributed by atoms with Crippen LogP contribution in [0, 0.1) is 6.92 Å². The Hall–Kier alpha value is -1.39. The standard InChI is InChI=1S/C15H22N2O2/c1-10-3-5-11(6-4-10)14(16)15(18)17-12-7-8-13(9-12)19-2/h3-6,12-14H,7-9,16H2,1-2H3,(H,17,18). The molecule has 3 atom stereocenters. The Morgan fingerprint density at radius 3 is 2.63 bits per heavy atom. The average Bonchev–Trinajstić information content (AvgIpc) is 2.86. The summed E-state index contributed by atoms with van der Waals surface area (Å²) in [6, 6.07) is 7.35. The van der Waals surface area contributed by atoms with Gasteiger partial charge in [-0.05, 0) is 31.7 Å². The number of nitrogens with two attached hydrogens (primary N) is 1. The smallest absolute Gasteiger partial charge is 0.241 e. The second-order valence-corrected chi connectivity index (χ2v) is 5.26. The fourth-order valence-electron chi connectivity index (χ4n) is 2.50. The highest BCUT2D eigenvalue weighted by Gasteiger charge is 2.27. The zero-order valence-electron chi connectivity index (χ0n) is 11.6. The molecule has 1 saturated carbocycles. The molecular formula is C15H22N2O2. The molecule has 0 radical (unpaired) electrons. The Morgan fingerprint density at radius 2 is 2.05 bits per heavy atom. The van der Waals surface area contributed by atoms with Crippen LogP contribution < -0.4 is 11.1 Å². The SMILES string of the molecule is COC1CCC(NC(=O)C(N)c2ccc(C)cc2)C1. The molecule has 4 heteroatoms. The number of ether oxygens (including phenoxy) is 1. The molecule has 1 aliphatic rings. The number of amides is 1. The lowest BCUT2D eigenvalue weighted by Gasteiger charge is -2.17. The molecular weight excluding hydrogens is 240 g/mol. The molecule has 1 amide bonds. The molecule has 0 saturated heterocycles. The van der Waals surface area contributed by atoms with Gasteiger partial charge in [0.2, 0.25) is 5.91 Å². The molecule has 0 spiro atoms. The molecule has 19 heavy (non-hydrogen) atoms. The highest BCUT2D eigenvalue weighted by molar-refractivity contribution is 5.83. The molecule has 0 aromatic heterocycles. The summed E-state index contributed by atoms with van der Waals surface area (Å²) in [6.45, 7) is 2.01. The summed E-state index contributed by atoms with van der Waals surface area (Å²) >= 11 is 0. The summed E-state index contributed by atoms with van der Waals surface area (Å²) in [4.78, 5) is 12.1. The molecule has 3 N–H and O–H groups in total. The average molecular weight is 262 g/mol. The van der Waals surface area contributed by atoms with E-state index in [0.29, 0.717) is 0 Å². The second kappa shape index (κ2) is 6.17. The first-order chi connectivity index (χ1) is 9.10. The summed E-state index contributed by atoms with van der Waals surface area (Å²) in [5, 5.41) is 3.01. The van der Waals surface area contributed by atoms with Crippen LogP contribution >= 0.6 is 0 Å². The first kappa shape index (κ1) is 14.0. The van der Waals surface area contributed by atoms with Crippen molar-refractivity contribution < 1.29 is 9.53 Å². The zero-order chi connectivity index (χ0) is 13.8.